The van der Waals surface area contributed by atoms with Crippen LogP contribution in [-0.4, -0.2) is 35.7 Å². The zero-order valence-electron chi connectivity index (χ0n) is 14.4. The Hall–Kier alpha value is -0.0800. The first-order valence-electron chi connectivity index (χ1n) is 9.14. The van der Waals surface area contributed by atoms with Gasteiger partial charge in [-0.3, -0.25) is 0 Å². The summed E-state index contributed by atoms with van der Waals surface area (Å²) < 4.78 is 0. The molecule has 0 rings (SSSR count). The van der Waals surface area contributed by atoms with Gasteiger partial charge in [-0.15, -0.1) is 0 Å². The second kappa shape index (κ2) is 15.3. The summed E-state index contributed by atoms with van der Waals surface area (Å²) in [6.45, 7) is 10.4. The van der Waals surface area contributed by atoms with Gasteiger partial charge in [0, 0.05) is 0 Å². The molecule has 122 valence electrons. The molecule has 0 saturated heterocycles. The normalized spacial score (nSPS) is 13.1. The van der Waals surface area contributed by atoms with E-state index in [9.17, 15) is 5.11 Å². The van der Waals surface area contributed by atoms with Crippen LogP contribution in [0.25, 0.3) is 0 Å². The molecule has 0 bridgehead atoms. The van der Waals surface area contributed by atoms with Crippen LogP contribution in [0, 0.1) is 0 Å². The van der Waals surface area contributed by atoms with E-state index in [4.69, 9.17) is 0 Å². The average molecular weight is 286 g/mol. The number of hydrogen-bond donors (Lipinski definition) is 1. The van der Waals surface area contributed by atoms with Gasteiger partial charge in [0.05, 0.1) is 6.10 Å². The third-order valence-electron chi connectivity index (χ3n) is 4.06. The molecule has 0 aliphatic rings. The Morgan fingerprint density at radius 3 is 1.70 bits per heavy atom. The highest BCUT2D eigenvalue weighted by Crippen LogP contribution is 2.10. The Balaban J connectivity index is 3.62. The molecule has 0 aromatic heterocycles. The fourth-order valence-electron chi connectivity index (χ4n) is 2.60. The molecule has 1 N–H and O–H groups in total. The van der Waals surface area contributed by atoms with E-state index in [2.05, 4.69) is 25.7 Å². The molecule has 1 atom stereocenters. The number of hydrogen-bond acceptors (Lipinski definition) is 2. The lowest BCUT2D eigenvalue weighted by Crippen LogP contribution is -2.27. The summed E-state index contributed by atoms with van der Waals surface area (Å²) in [5.74, 6) is 0. The van der Waals surface area contributed by atoms with Crippen molar-refractivity contribution in [3.63, 3.8) is 0 Å². The molecule has 1 unspecified atom stereocenters. The highest BCUT2D eigenvalue weighted by atomic mass is 16.3. The number of aliphatic hydroxyl groups is 1. The van der Waals surface area contributed by atoms with Crippen molar-refractivity contribution in [1.82, 2.24) is 4.90 Å². The molecule has 0 aromatic rings. The Kier molecular flexibility index (Phi) is 15.3. The quantitative estimate of drug-likeness (QED) is 0.428. The van der Waals surface area contributed by atoms with E-state index in [1.54, 1.807) is 0 Å². The predicted molar refractivity (Wildman–Crippen MR) is 90.3 cm³/mol. The van der Waals surface area contributed by atoms with E-state index >= 15 is 0 Å². The van der Waals surface area contributed by atoms with E-state index < -0.39 is 0 Å². The minimum Gasteiger partial charge on any atom is -0.393 e. The Labute approximate surface area is 127 Å². The smallest absolute Gasteiger partial charge is 0.0540 e. The topological polar surface area (TPSA) is 23.5 Å². The lowest BCUT2D eigenvalue weighted by molar-refractivity contribution is 0.140. The predicted octanol–water partition coefficient (Wildman–Crippen LogP) is 5.00. The maximum absolute atomic E-state index is 10.00. The van der Waals surface area contributed by atoms with Crippen molar-refractivity contribution in [3.05, 3.63) is 0 Å². The van der Waals surface area contributed by atoms with Gasteiger partial charge in [0.2, 0.25) is 0 Å². The Bertz CT molecular complexity index is 176. The van der Waals surface area contributed by atoms with Crippen molar-refractivity contribution in [2.45, 2.75) is 97.5 Å². The van der Waals surface area contributed by atoms with Crippen molar-refractivity contribution >= 4 is 0 Å². The van der Waals surface area contributed by atoms with E-state index in [0.29, 0.717) is 0 Å². The highest BCUT2D eigenvalue weighted by Gasteiger charge is 2.07. The molecule has 0 amide bonds. The van der Waals surface area contributed by atoms with Gasteiger partial charge in [0.1, 0.15) is 0 Å². The first kappa shape index (κ1) is 19.9. The second-order valence-corrected chi connectivity index (χ2v) is 6.19. The lowest BCUT2D eigenvalue weighted by atomic mass is 10.1. The molecule has 0 spiro atoms. The zero-order chi connectivity index (χ0) is 15.1. The van der Waals surface area contributed by atoms with Crippen LogP contribution in [0.4, 0.5) is 0 Å². The summed E-state index contributed by atoms with van der Waals surface area (Å²) in [5.41, 5.74) is 0. The standard InChI is InChI=1S/C18H39NO/c1-4-7-10-11-13-18(20)14-12-17-19(15-8-5-2)16-9-6-3/h18,20H,4-17H2,1-3H3. The molecule has 0 saturated carbocycles. The third-order valence-corrected chi connectivity index (χ3v) is 4.06. The molecular formula is C18H39NO. The fourth-order valence-corrected chi connectivity index (χ4v) is 2.60. The molecule has 0 radical (unpaired) electrons. The van der Waals surface area contributed by atoms with Gasteiger partial charge in [-0.05, 0) is 51.7 Å². The van der Waals surface area contributed by atoms with E-state index in [0.717, 1.165) is 19.3 Å². The second-order valence-electron chi connectivity index (χ2n) is 6.19. The van der Waals surface area contributed by atoms with Crippen molar-refractivity contribution in [3.8, 4) is 0 Å². The molecule has 2 nitrogen and oxygen atoms in total. The van der Waals surface area contributed by atoms with Crippen LogP contribution in [-0.2, 0) is 0 Å². The molecular weight excluding hydrogens is 246 g/mol. The lowest BCUT2D eigenvalue weighted by Gasteiger charge is -2.22. The Morgan fingerprint density at radius 1 is 0.650 bits per heavy atom. The molecule has 2 heteroatoms. The van der Waals surface area contributed by atoms with Gasteiger partial charge in [-0.25, -0.2) is 0 Å². The fraction of sp³-hybridized carbons (Fsp3) is 1.00. The minimum absolute atomic E-state index is 0.0638. The van der Waals surface area contributed by atoms with Crippen LogP contribution in [0.15, 0.2) is 0 Å². The van der Waals surface area contributed by atoms with Crippen molar-refractivity contribution in [2.24, 2.45) is 0 Å². The Morgan fingerprint density at radius 2 is 1.15 bits per heavy atom. The molecule has 0 heterocycles. The number of unbranched alkanes of at least 4 members (excludes halogenated alkanes) is 5. The monoisotopic (exact) mass is 285 g/mol. The molecule has 20 heavy (non-hydrogen) atoms. The first-order chi connectivity index (χ1) is 9.74. The largest absolute Gasteiger partial charge is 0.393 e. The van der Waals surface area contributed by atoms with Gasteiger partial charge >= 0.3 is 0 Å². The van der Waals surface area contributed by atoms with Gasteiger partial charge in [-0.2, -0.15) is 0 Å². The SMILES string of the molecule is CCCCCCC(O)CCCN(CCCC)CCCC. The van der Waals surface area contributed by atoms with E-state index in [-0.39, 0.29) is 6.10 Å². The summed E-state index contributed by atoms with van der Waals surface area (Å²) in [5, 5.41) is 10.00. The summed E-state index contributed by atoms with van der Waals surface area (Å²) in [6.07, 6.45) is 13.3. The molecule has 0 aliphatic heterocycles. The number of rotatable bonds is 15. The average Bonchev–Trinajstić information content (AvgIpc) is 2.46. The van der Waals surface area contributed by atoms with E-state index in [1.807, 2.05) is 0 Å². The molecule has 0 aromatic carbocycles. The molecule has 0 fully saturated rings. The summed E-state index contributed by atoms with van der Waals surface area (Å²) >= 11 is 0. The maximum atomic E-state index is 10.00. The van der Waals surface area contributed by atoms with Crippen LogP contribution in [0.5, 0.6) is 0 Å². The van der Waals surface area contributed by atoms with Crippen LogP contribution >= 0.6 is 0 Å². The van der Waals surface area contributed by atoms with Gasteiger partial charge in [0.25, 0.3) is 0 Å². The number of nitrogens with zero attached hydrogens (tertiary/aromatic N) is 1. The van der Waals surface area contributed by atoms with Crippen molar-refractivity contribution in [1.29, 1.82) is 0 Å². The maximum Gasteiger partial charge on any atom is 0.0540 e. The van der Waals surface area contributed by atoms with Gasteiger partial charge in [-0.1, -0.05) is 59.3 Å². The summed E-state index contributed by atoms with van der Waals surface area (Å²) in [6, 6.07) is 0. The molecule has 0 aliphatic carbocycles. The van der Waals surface area contributed by atoms with Crippen LogP contribution in [0.3, 0.4) is 0 Å². The van der Waals surface area contributed by atoms with Crippen molar-refractivity contribution in [2.75, 3.05) is 19.6 Å². The van der Waals surface area contributed by atoms with E-state index in [1.165, 1.54) is 71.0 Å². The van der Waals surface area contributed by atoms with Gasteiger partial charge < -0.3 is 10.0 Å². The van der Waals surface area contributed by atoms with Crippen LogP contribution in [0.2, 0.25) is 0 Å². The minimum atomic E-state index is -0.0638. The van der Waals surface area contributed by atoms with Crippen molar-refractivity contribution < 1.29 is 5.11 Å². The first-order valence-corrected chi connectivity index (χ1v) is 9.14. The van der Waals surface area contributed by atoms with Crippen LogP contribution in [0.1, 0.15) is 91.4 Å². The highest BCUT2D eigenvalue weighted by molar-refractivity contribution is 4.62. The summed E-state index contributed by atoms with van der Waals surface area (Å²) in [4.78, 5) is 2.59. The number of aliphatic hydroxyl groups excluding tert-OH is 1. The zero-order valence-corrected chi connectivity index (χ0v) is 14.4. The summed E-state index contributed by atoms with van der Waals surface area (Å²) in [7, 11) is 0. The van der Waals surface area contributed by atoms with Gasteiger partial charge in [0.15, 0.2) is 0 Å². The third kappa shape index (κ3) is 12.9. The van der Waals surface area contributed by atoms with Crippen LogP contribution < -0.4 is 0 Å².